The van der Waals surface area contributed by atoms with Crippen LogP contribution in [0.2, 0.25) is 0 Å². The SMILES string of the molecule is CCCCc1noc(CN2CCCC(C(=O)N3CCOCC3)C2)n1. The van der Waals surface area contributed by atoms with Crippen LogP contribution in [0.3, 0.4) is 0 Å². The van der Waals surface area contributed by atoms with Gasteiger partial charge >= 0.3 is 0 Å². The second-order valence-electron chi connectivity index (χ2n) is 6.72. The van der Waals surface area contributed by atoms with E-state index in [0.717, 1.165) is 64.1 Å². The number of nitrogens with zero attached hydrogens (tertiary/aromatic N) is 4. The molecule has 1 amide bonds. The molecule has 2 aliphatic rings. The van der Waals surface area contributed by atoms with Crippen LogP contribution in [0.15, 0.2) is 4.52 Å². The van der Waals surface area contributed by atoms with Crippen LogP contribution in [0.25, 0.3) is 0 Å². The van der Waals surface area contributed by atoms with Gasteiger partial charge in [0, 0.05) is 26.1 Å². The molecule has 0 radical (unpaired) electrons. The van der Waals surface area contributed by atoms with Gasteiger partial charge in [-0.2, -0.15) is 4.98 Å². The van der Waals surface area contributed by atoms with E-state index in [2.05, 4.69) is 22.0 Å². The molecule has 3 heterocycles. The van der Waals surface area contributed by atoms with E-state index in [1.54, 1.807) is 0 Å². The molecule has 3 rings (SSSR count). The summed E-state index contributed by atoms with van der Waals surface area (Å²) in [5.41, 5.74) is 0. The van der Waals surface area contributed by atoms with Crippen molar-refractivity contribution in [2.24, 2.45) is 5.92 Å². The molecule has 7 heteroatoms. The van der Waals surface area contributed by atoms with Crippen LogP contribution in [0.5, 0.6) is 0 Å². The van der Waals surface area contributed by atoms with Crippen LogP contribution in [0.1, 0.15) is 44.3 Å². The standard InChI is InChI=1S/C17H28N4O3/c1-2-3-6-15-18-16(24-19-15)13-20-7-4-5-14(12-20)17(22)21-8-10-23-11-9-21/h14H,2-13H2,1H3. The van der Waals surface area contributed by atoms with Crippen molar-refractivity contribution in [3.8, 4) is 0 Å². The lowest BCUT2D eigenvalue weighted by atomic mass is 9.96. The van der Waals surface area contributed by atoms with Crippen molar-refractivity contribution >= 4 is 5.91 Å². The van der Waals surface area contributed by atoms with E-state index >= 15 is 0 Å². The van der Waals surface area contributed by atoms with Crippen molar-refractivity contribution in [2.75, 3.05) is 39.4 Å². The molecule has 1 aromatic heterocycles. The molecule has 0 bridgehead atoms. The Bertz CT molecular complexity index is 528. The predicted octanol–water partition coefficient (Wildman–Crippen LogP) is 1.48. The number of aryl methyl sites for hydroxylation is 1. The van der Waals surface area contributed by atoms with Crippen LogP contribution in [-0.2, 0) is 22.5 Å². The van der Waals surface area contributed by atoms with Gasteiger partial charge in [0.25, 0.3) is 0 Å². The molecular weight excluding hydrogens is 308 g/mol. The zero-order chi connectivity index (χ0) is 16.8. The summed E-state index contributed by atoms with van der Waals surface area (Å²) in [5.74, 6) is 1.82. The van der Waals surface area contributed by atoms with E-state index in [-0.39, 0.29) is 11.8 Å². The van der Waals surface area contributed by atoms with Gasteiger partial charge in [-0.15, -0.1) is 0 Å². The largest absolute Gasteiger partial charge is 0.378 e. The summed E-state index contributed by atoms with van der Waals surface area (Å²) >= 11 is 0. The molecule has 134 valence electrons. The first-order chi connectivity index (χ1) is 11.8. The van der Waals surface area contributed by atoms with Gasteiger partial charge in [0.1, 0.15) is 0 Å². The number of piperidine rings is 1. The lowest BCUT2D eigenvalue weighted by Crippen LogP contribution is -2.48. The molecule has 0 spiro atoms. The summed E-state index contributed by atoms with van der Waals surface area (Å²) in [5, 5.41) is 4.04. The molecule has 0 aliphatic carbocycles. The fourth-order valence-electron chi connectivity index (χ4n) is 3.42. The smallest absolute Gasteiger partial charge is 0.240 e. The minimum Gasteiger partial charge on any atom is -0.378 e. The Morgan fingerprint density at radius 1 is 1.29 bits per heavy atom. The van der Waals surface area contributed by atoms with Gasteiger partial charge < -0.3 is 14.2 Å². The Morgan fingerprint density at radius 2 is 2.12 bits per heavy atom. The molecule has 2 fully saturated rings. The van der Waals surface area contributed by atoms with E-state index in [4.69, 9.17) is 9.26 Å². The van der Waals surface area contributed by atoms with E-state index in [1.807, 2.05) is 4.90 Å². The van der Waals surface area contributed by atoms with Gasteiger partial charge in [-0.05, 0) is 25.8 Å². The van der Waals surface area contributed by atoms with Gasteiger partial charge in [-0.3, -0.25) is 9.69 Å². The summed E-state index contributed by atoms with van der Waals surface area (Å²) in [4.78, 5) is 21.4. The lowest BCUT2D eigenvalue weighted by Gasteiger charge is -2.35. The minimum absolute atomic E-state index is 0.0827. The van der Waals surface area contributed by atoms with Crippen molar-refractivity contribution in [3.63, 3.8) is 0 Å². The molecule has 0 saturated carbocycles. The highest BCUT2D eigenvalue weighted by Crippen LogP contribution is 2.21. The van der Waals surface area contributed by atoms with Crippen LogP contribution < -0.4 is 0 Å². The van der Waals surface area contributed by atoms with Crippen molar-refractivity contribution in [1.29, 1.82) is 0 Å². The molecule has 1 aromatic rings. The maximum absolute atomic E-state index is 12.7. The molecule has 1 atom stereocenters. The van der Waals surface area contributed by atoms with E-state index in [9.17, 15) is 4.79 Å². The maximum atomic E-state index is 12.7. The second kappa shape index (κ2) is 8.58. The van der Waals surface area contributed by atoms with Gasteiger partial charge in [0.05, 0.1) is 25.7 Å². The van der Waals surface area contributed by atoms with E-state index in [0.29, 0.717) is 25.6 Å². The van der Waals surface area contributed by atoms with Gasteiger partial charge in [-0.1, -0.05) is 18.5 Å². The summed E-state index contributed by atoms with van der Waals surface area (Å²) < 4.78 is 10.7. The molecular formula is C17H28N4O3. The molecule has 2 saturated heterocycles. The highest BCUT2D eigenvalue weighted by atomic mass is 16.5. The predicted molar refractivity (Wildman–Crippen MR) is 88.3 cm³/mol. The number of aromatic nitrogens is 2. The summed E-state index contributed by atoms with van der Waals surface area (Å²) in [6, 6.07) is 0. The number of carbonyl (C=O) groups is 1. The number of rotatable bonds is 6. The molecule has 0 aromatic carbocycles. The third kappa shape index (κ3) is 4.54. The number of hydrogen-bond donors (Lipinski definition) is 0. The summed E-state index contributed by atoms with van der Waals surface area (Å²) in [7, 11) is 0. The van der Waals surface area contributed by atoms with Gasteiger partial charge in [0.15, 0.2) is 5.82 Å². The van der Waals surface area contributed by atoms with E-state index in [1.165, 1.54) is 0 Å². The van der Waals surface area contributed by atoms with E-state index < -0.39 is 0 Å². The van der Waals surface area contributed by atoms with Crippen LogP contribution >= 0.6 is 0 Å². The molecule has 0 N–H and O–H groups in total. The van der Waals surface area contributed by atoms with Crippen molar-refractivity contribution in [3.05, 3.63) is 11.7 Å². The van der Waals surface area contributed by atoms with Crippen LogP contribution in [0, 0.1) is 5.92 Å². The fraction of sp³-hybridized carbons (Fsp3) is 0.824. The quantitative estimate of drug-likeness (QED) is 0.784. The number of amides is 1. The lowest BCUT2D eigenvalue weighted by molar-refractivity contribution is -0.141. The Morgan fingerprint density at radius 3 is 2.92 bits per heavy atom. The molecule has 24 heavy (non-hydrogen) atoms. The van der Waals surface area contributed by atoms with Crippen molar-refractivity contribution in [2.45, 2.75) is 45.6 Å². The number of ether oxygens (including phenoxy) is 1. The molecule has 7 nitrogen and oxygen atoms in total. The highest BCUT2D eigenvalue weighted by molar-refractivity contribution is 5.79. The number of unbranched alkanes of at least 4 members (excludes halogenated alkanes) is 1. The molecule has 1 unspecified atom stereocenters. The summed E-state index contributed by atoms with van der Waals surface area (Å²) in [6.07, 6.45) is 5.09. The Kier molecular flexibility index (Phi) is 6.20. The van der Waals surface area contributed by atoms with Crippen molar-refractivity contribution < 1.29 is 14.1 Å². The monoisotopic (exact) mass is 336 g/mol. The Labute approximate surface area is 143 Å². The summed E-state index contributed by atoms with van der Waals surface area (Å²) in [6.45, 7) is 7.32. The second-order valence-corrected chi connectivity index (χ2v) is 6.72. The van der Waals surface area contributed by atoms with Crippen molar-refractivity contribution in [1.82, 2.24) is 19.9 Å². The average Bonchev–Trinajstić information content (AvgIpc) is 3.07. The first kappa shape index (κ1) is 17.4. The first-order valence-electron chi connectivity index (χ1n) is 9.16. The minimum atomic E-state index is 0.0827. The number of likely N-dealkylation sites (tertiary alicyclic amines) is 1. The van der Waals surface area contributed by atoms with Crippen LogP contribution in [0.4, 0.5) is 0 Å². The Hall–Kier alpha value is -1.47. The first-order valence-corrected chi connectivity index (χ1v) is 9.16. The fourth-order valence-corrected chi connectivity index (χ4v) is 3.42. The third-order valence-corrected chi connectivity index (χ3v) is 4.80. The number of hydrogen-bond acceptors (Lipinski definition) is 6. The normalized spacial score (nSPS) is 22.7. The highest BCUT2D eigenvalue weighted by Gasteiger charge is 2.30. The van der Waals surface area contributed by atoms with Gasteiger partial charge in [-0.25, -0.2) is 0 Å². The van der Waals surface area contributed by atoms with Crippen LogP contribution in [-0.4, -0.2) is 65.2 Å². The average molecular weight is 336 g/mol. The maximum Gasteiger partial charge on any atom is 0.240 e. The number of carbonyl (C=O) groups excluding carboxylic acids is 1. The molecule has 2 aliphatic heterocycles. The third-order valence-electron chi connectivity index (χ3n) is 4.80. The zero-order valence-corrected chi connectivity index (χ0v) is 14.6. The van der Waals surface area contributed by atoms with Gasteiger partial charge in [0.2, 0.25) is 11.8 Å². The topological polar surface area (TPSA) is 71.7 Å². The Balaban J connectivity index is 1.51. The number of morpholine rings is 1. The zero-order valence-electron chi connectivity index (χ0n) is 14.6.